The molecule has 0 bridgehead atoms. The van der Waals surface area contributed by atoms with E-state index in [2.05, 4.69) is 0 Å². The molecule has 1 rings (SSSR count). The van der Waals surface area contributed by atoms with Gasteiger partial charge in [-0.2, -0.15) is 0 Å². The lowest BCUT2D eigenvalue weighted by molar-refractivity contribution is -0.111. The van der Waals surface area contributed by atoms with E-state index < -0.39 is 0 Å². The van der Waals surface area contributed by atoms with E-state index in [9.17, 15) is 4.79 Å². The van der Waals surface area contributed by atoms with E-state index in [0.717, 1.165) is 6.29 Å². The molecule has 0 aromatic rings. The average molecular weight is 126 g/mol. The highest BCUT2D eigenvalue weighted by atomic mass is 16.1. The first-order valence-corrected chi connectivity index (χ1v) is 3.80. The molecular formula is C8H14O. The fourth-order valence-corrected chi connectivity index (χ4v) is 1.59. The van der Waals surface area contributed by atoms with Crippen LogP contribution in [-0.2, 0) is 4.79 Å². The van der Waals surface area contributed by atoms with Crippen molar-refractivity contribution in [2.45, 2.75) is 32.6 Å². The van der Waals surface area contributed by atoms with Crippen LogP contribution in [0.25, 0.3) is 0 Å². The second-order valence-corrected chi connectivity index (χ2v) is 3.04. The van der Waals surface area contributed by atoms with Crippen LogP contribution in [0.1, 0.15) is 32.6 Å². The molecule has 1 nitrogen and oxygen atoms in total. The Balaban J connectivity index is 2.32. The van der Waals surface area contributed by atoms with Crippen molar-refractivity contribution in [1.82, 2.24) is 0 Å². The molecule has 1 aliphatic carbocycles. The van der Waals surface area contributed by atoms with Crippen molar-refractivity contribution in [3.63, 3.8) is 0 Å². The van der Waals surface area contributed by atoms with Crippen molar-refractivity contribution >= 4 is 6.29 Å². The summed E-state index contributed by atoms with van der Waals surface area (Å²) in [7, 11) is 0. The Morgan fingerprint density at radius 1 is 1.44 bits per heavy atom. The molecule has 1 fully saturated rings. The predicted molar refractivity (Wildman–Crippen MR) is 37.2 cm³/mol. The Labute approximate surface area is 56.4 Å². The lowest BCUT2D eigenvalue weighted by Crippen LogP contribution is -2.07. The number of aldehydes is 1. The fourth-order valence-electron chi connectivity index (χ4n) is 1.59. The van der Waals surface area contributed by atoms with Gasteiger partial charge in [0.2, 0.25) is 0 Å². The molecule has 9 heavy (non-hydrogen) atoms. The third-order valence-corrected chi connectivity index (χ3v) is 2.36. The third-order valence-electron chi connectivity index (χ3n) is 2.36. The zero-order chi connectivity index (χ0) is 6.69. The zero-order valence-corrected chi connectivity index (χ0v) is 5.97. The molecule has 0 saturated heterocycles. The molecule has 0 aromatic heterocycles. The molecule has 0 heterocycles. The van der Waals surface area contributed by atoms with Gasteiger partial charge in [0.15, 0.2) is 0 Å². The maximum Gasteiger partial charge on any atom is 0.123 e. The molecule has 0 radical (unpaired) electrons. The highest BCUT2D eigenvalue weighted by molar-refractivity contribution is 5.53. The van der Waals surface area contributed by atoms with Crippen LogP contribution < -0.4 is 0 Å². The summed E-state index contributed by atoms with van der Waals surface area (Å²) in [4.78, 5) is 10.3. The van der Waals surface area contributed by atoms with E-state index in [-0.39, 0.29) is 0 Å². The van der Waals surface area contributed by atoms with Crippen LogP contribution in [0.5, 0.6) is 0 Å². The van der Waals surface area contributed by atoms with Crippen molar-refractivity contribution in [2.75, 3.05) is 0 Å². The van der Waals surface area contributed by atoms with Crippen molar-refractivity contribution in [1.29, 1.82) is 0 Å². The van der Waals surface area contributed by atoms with Crippen molar-refractivity contribution < 1.29 is 4.79 Å². The minimum absolute atomic E-state index is 0.312. The standard InChI is InChI=1S/C8H14O/c1-7(6-9)8-4-2-3-5-8/h6-8H,2-5H2,1H3/t7-/m1/s1. The second kappa shape index (κ2) is 3.00. The van der Waals surface area contributed by atoms with E-state index >= 15 is 0 Å². The van der Waals surface area contributed by atoms with Gasteiger partial charge in [-0.3, -0.25) is 0 Å². The first kappa shape index (κ1) is 6.79. The Morgan fingerprint density at radius 2 is 2.00 bits per heavy atom. The van der Waals surface area contributed by atoms with Gasteiger partial charge >= 0.3 is 0 Å². The SMILES string of the molecule is C[C@H](C=O)C1CCCC1. The molecule has 1 aliphatic rings. The van der Waals surface area contributed by atoms with Crippen LogP contribution in [-0.4, -0.2) is 6.29 Å². The molecular weight excluding hydrogens is 112 g/mol. The molecule has 0 unspecified atom stereocenters. The fraction of sp³-hybridized carbons (Fsp3) is 0.875. The number of carbonyl (C=O) groups is 1. The van der Waals surface area contributed by atoms with E-state index in [1.165, 1.54) is 25.7 Å². The maximum atomic E-state index is 10.3. The number of carbonyl (C=O) groups excluding carboxylic acids is 1. The lowest BCUT2D eigenvalue weighted by Gasteiger charge is -2.10. The molecule has 1 heteroatoms. The average Bonchev–Trinajstić information content (AvgIpc) is 2.37. The van der Waals surface area contributed by atoms with Gasteiger partial charge in [-0.15, -0.1) is 0 Å². The molecule has 0 aromatic carbocycles. The van der Waals surface area contributed by atoms with Gasteiger partial charge in [-0.1, -0.05) is 19.8 Å². The van der Waals surface area contributed by atoms with E-state index in [1.54, 1.807) is 0 Å². The summed E-state index contributed by atoms with van der Waals surface area (Å²) < 4.78 is 0. The molecule has 0 amide bonds. The minimum Gasteiger partial charge on any atom is -0.303 e. The number of hydrogen-bond donors (Lipinski definition) is 0. The van der Waals surface area contributed by atoms with Crippen molar-refractivity contribution in [2.24, 2.45) is 11.8 Å². The Kier molecular flexibility index (Phi) is 2.26. The number of rotatable bonds is 2. The van der Waals surface area contributed by atoms with Crippen LogP contribution in [0, 0.1) is 11.8 Å². The van der Waals surface area contributed by atoms with E-state index in [4.69, 9.17) is 0 Å². The summed E-state index contributed by atoms with van der Waals surface area (Å²) in [5.41, 5.74) is 0. The van der Waals surface area contributed by atoms with Gasteiger partial charge in [-0.05, 0) is 18.8 Å². The van der Waals surface area contributed by atoms with Crippen LogP contribution in [0.3, 0.4) is 0 Å². The van der Waals surface area contributed by atoms with Crippen molar-refractivity contribution in [3.8, 4) is 0 Å². The summed E-state index contributed by atoms with van der Waals surface area (Å²) in [6, 6.07) is 0. The highest BCUT2D eigenvalue weighted by Gasteiger charge is 2.20. The predicted octanol–water partition coefficient (Wildman–Crippen LogP) is 2.01. The van der Waals surface area contributed by atoms with Gasteiger partial charge < -0.3 is 4.79 Å². The molecule has 1 saturated carbocycles. The topological polar surface area (TPSA) is 17.1 Å². The lowest BCUT2D eigenvalue weighted by atomic mass is 9.94. The highest BCUT2D eigenvalue weighted by Crippen LogP contribution is 2.29. The Morgan fingerprint density at radius 3 is 2.44 bits per heavy atom. The van der Waals surface area contributed by atoms with Crippen LogP contribution >= 0.6 is 0 Å². The molecule has 0 N–H and O–H groups in total. The Bertz CT molecular complexity index is 92.7. The van der Waals surface area contributed by atoms with Crippen LogP contribution in [0.2, 0.25) is 0 Å². The summed E-state index contributed by atoms with van der Waals surface area (Å²) in [5, 5.41) is 0. The number of hydrogen-bond acceptors (Lipinski definition) is 1. The first-order valence-electron chi connectivity index (χ1n) is 3.80. The van der Waals surface area contributed by atoms with E-state index in [0.29, 0.717) is 11.8 Å². The largest absolute Gasteiger partial charge is 0.303 e. The zero-order valence-electron chi connectivity index (χ0n) is 5.97. The smallest absolute Gasteiger partial charge is 0.123 e. The summed E-state index contributed by atoms with van der Waals surface area (Å²) in [6.07, 6.45) is 6.32. The summed E-state index contributed by atoms with van der Waals surface area (Å²) in [5.74, 6) is 1.02. The maximum absolute atomic E-state index is 10.3. The van der Waals surface area contributed by atoms with Crippen LogP contribution in [0.15, 0.2) is 0 Å². The molecule has 0 aliphatic heterocycles. The van der Waals surface area contributed by atoms with E-state index in [1.807, 2.05) is 6.92 Å². The van der Waals surface area contributed by atoms with Crippen LogP contribution in [0.4, 0.5) is 0 Å². The minimum atomic E-state index is 0.312. The summed E-state index contributed by atoms with van der Waals surface area (Å²) >= 11 is 0. The van der Waals surface area contributed by atoms with Crippen molar-refractivity contribution in [3.05, 3.63) is 0 Å². The molecule has 0 spiro atoms. The van der Waals surface area contributed by atoms with Gasteiger partial charge in [-0.25, -0.2) is 0 Å². The first-order chi connectivity index (χ1) is 4.34. The molecule has 1 atom stereocenters. The summed E-state index contributed by atoms with van der Waals surface area (Å²) in [6.45, 7) is 2.03. The van der Waals surface area contributed by atoms with Gasteiger partial charge in [0.05, 0.1) is 0 Å². The monoisotopic (exact) mass is 126 g/mol. The second-order valence-electron chi connectivity index (χ2n) is 3.04. The third kappa shape index (κ3) is 1.54. The Hall–Kier alpha value is -0.330. The molecule has 52 valence electrons. The van der Waals surface area contributed by atoms with Gasteiger partial charge in [0, 0.05) is 5.92 Å². The normalized spacial score (nSPS) is 24.1. The van der Waals surface area contributed by atoms with Gasteiger partial charge in [0.25, 0.3) is 0 Å². The quantitative estimate of drug-likeness (QED) is 0.517. The van der Waals surface area contributed by atoms with Gasteiger partial charge in [0.1, 0.15) is 6.29 Å².